The number of hydrogen-bond donors (Lipinski definition) is 2. The van der Waals surface area contributed by atoms with Gasteiger partial charge in [-0.1, -0.05) is 50.2 Å². The molecule has 2 aromatic rings. The third-order valence-corrected chi connectivity index (χ3v) is 5.27. The summed E-state index contributed by atoms with van der Waals surface area (Å²) in [7, 11) is 0. The van der Waals surface area contributed by atoms with E-state index >= 15 is 0 Å². The Bertz CT molecular complexity index is 832. The largest absolute Gasteiger partial charge is 0.356 e. The average Bonchev–Trinajstić information content (AvgIpc) is 2.77. The number of aromatic nitrogens is 1. The number of carbonyl (C=O) groups excluding carboxylic acids is 2. The lowest BCUT2D eigenvalue weighted by molar-refractivity contribution is -0.129. The number of nitrogens with zero attached hydrogens (tertiary/aromatic N) is 2. The first-order valence-corrected chi connectivity index (χ1v) is 10.9. The summed E-state index contributed by atoms with van der Waals surface area (Å²) < 4.78 is 0. The van der Waals surface area contributed by atoms with Gasteiger partial charge in [0.2, 0.25) is 11.8 Å². The number of piperidine rings is 1. The Morgan fingerprint density at radius 3 is 2.47 bits per heavy atom. The summed E-state index contributed by atoms with van der Waals surface area (Å²) in [5, 5.41) is 5.92. The highest BCUT2D eigenvalue weighted by molar-refractivity contribution is 5.88. The molecule has 1 aromatic carbocycles. The zero-order chi connectivity index (χ0) is 21.3. The molecule has 0 aliphatic carbocycles. The molecule has 3 rings (SSSR count). The van der Waals surface area contributed by atoms with Crippen molar-refractivity contribution >= 4 is 17.6 Å². The van der Waals surface area contributed by atoms with Gasteiger partial charge in [-0.05, 0) is 36.8 Å². The van der Waals surface area contributed by atoms with Gasteiger partial charge in [0.1, 0.15) is 11.9 Å². The van der Waals surface area contributed by atoms with Crippen LogP contribution in [0, 0.1) is 5.92 Å². The van der Waals surface area contributed by atoms with Gasteiger partial charge in [0, 0.05) is 37.8 Å². The second-order valence-corrected chi connectivity index (χ2v) is 8.26. The Morgan fingerprint density at radius 1 is 1.03 bits per heavy atom. The maximum atomic E-state index is 13.1. The van der Waals surface area contributed by atoms with Crippen molar-refractivity contribution in [3.63, 3.8) is 0 Å². The van der Waals surface area contributed by atoms with Crippen molar-refractivity contribution in [2.45, 2.75) is 52.1 Å². The van der Waals surface area contributed by atoms with Gasteiger partial charge >= 0.3 is 0 Å². The Hall–Kier alpha value is -2.89. The van der Waals surface area contributed by atoms with Crippen LogP contribution in [0.3, 0.4) is 0 Å². The predicted molar refractivity (Wildman–Crippen MR) is 119 cm³/mol. The van der Waals surface area contributed by atoms with Crippen molar-refractivity contribution in [2.75, 3.05) is 18.0 Å². The molecule has 1 aromatic heterocycles. The quantitative estimate of drug-likeness (QED) is 0.700. The van der Waals surface area contributed by atoms with Crippen LogP contribution in [0.2, 0.25) is 0 Å². The molecule has 30 heavy (non-hydrogen) atoms. The number of rotatable bonds is 8. The zero-order valence-electron chi connectivity index (χ0n) is 17.9. The van der Waals surface area contributed by atoms with E-state index in [1.165, 1.54) is 19.3 Å². The second-order valence-electron chi connectivity index (χ2n) is 8.26. The lowest BCUT2D eigenvalue weighted by atomic mass is 10.0. The van der Waals surface area contributed by atoms with Gasteiger partial charge in [-0.25, -0.2) is 4.98 Å². The molecule has 1 fully saturated rings. The van der Waals surface area contributed by atoms with Crippen LogP contribution in [0.4, 0.5) is 5.82 Å². The van der Waals surface area contributed by atoms with E-state index in [1.807, 2.05) is 56.3 Å². The summed E-state index contributed by atoms with van der Waals surface area (Å²) in [5.74, 6) is 0.834. The van der Waals surface area contributed by atoms with Gasteiger partial charge in [0.25, 0.3) is 0 Å². The maximum absolute atomic E-state index is 13.1. The maximum Gasteiger partial charge on any atom is 0.247 e. The van der Waals surface area contributed by atoms with Crippen LogP contribution in [0.1, 0.15) is 56.7 Å². The minimum Gasteiger partial charge on any atom is -0.356 e. The lowest BCUT2D eigenvalue weighted by Gasteiger charge is -2.29. The fourth-order valence-electron chi connectivity index (χ4n) is 3.78. The highest BCUT2D eigenvalue weighted by Gasteiger charge is 2.23. The molecular formula is C24H32N4O2. The monoisotopic (exact) mass is 408 g/mol. The van der Waals surface area contributed by atoms with Gasteiger partial charge in [-0.3, -0.25) is 9.59 Å². The second kappa shape index (κ2) is 10.8. The smallest absolute Gasteiger partial charge is 0.247 e. The third-order valence-electron chi connectivity index (χ3n) is 5.27. The average molecular weight is 409 g/mol. The summed E-state index contributed by atoms with van der Waals surface area (Å²) in [4.78, 5) is 32.3. The van der Waals surface area contributed by atoms with Crippen LogP contribution in [0.5, 0.6) is 0 Å². The van der Waals surface area contributed by atoms with Gasteiger partial charge in [0.15, 0.2) is 0 Å². The Labute approximate surface area is 179 Å². The zero-order valence-corrected chi connectivity index (χ0v) is 17.9. The fraction of sp³-hybridized carbons (Fsp3) is 0.458. The first kappa shape index (κ1) is 21.8. The first-order chi connectivity index (χ1) is 14.5. The molecule has 0 radical (unpaired) electrons. The number of amides is 2. The SMILES string of the molecule is CC(C)CC(=O)NC(C(=O)NCc1cccnc1N1CCCCC1)c1ccccc1. The number of pyridine rings is 1. The van der Waals surface area contributed by atoms with Gasteiger partial charge in [-0.2, -0.15) is 0 Å². The minimum atomic E-state index is -0.715. The van der Waals surface area contributed by atoms with Crippen LogP contribution in [-0.4, -0.2) is 29.9 Å². The summed E-state index contributed by atoms with van der Waals surface area (Å²) >= 11 is 0. The van der Waals surface area contributed by atoms with Crippen molar-refractivity contribution < 1.29 is 9.59 Å². The molecule has 0 spiro atoms. The van der Waals surface area contributed by atoms with Gasteiger partial charge in [-0.15, -0.1) is 0 Å². The van der Waals surface area contributed by atoms with Gasteiger partial charge in [0.05, 0.1) is 0 Å². The molecular weight excluding hydrogens is 376 g/mol. The number of hydrogen-bond acceptors (Lipinski definition) is 4. The van der Waals surface area contributed by atoms with E-state index < -0.39 is 6.04 Å². The van der Waals surface area contributed by atoms with Crippen molar-refractivity contribution in [3.8, 4) is 0 Å². The van der Waals surface area contributed by atoms with Crippen LogP contribution in [-0.2, 0) is 16.1 Å². The third kappa shape index (κ3) is 6.05. The van der Waals surface area contributed by atoms with Crippen LogP contribution >= 0.6 is 0 Å². The molecule has 1 aliphatic heterocycles. The number of anilines is 1. The molecule has 1 atom stereocenters. The van der Waals surface area contributed by atoms with Crippen LogP contribution in [0.15, 0.2) is 48.7 Å². The fourth-order valence-corrected chi connectivity index (χ4v) is 3.78. The number of nitrogens with one attached hydrogen (secondary N) is 2. The van der Waals surface area contributed by atoms with E-state index in [9.17, 15) is 9.59 Å². The molecule has 2 amide bonds. The molecule has 160 valence electrons. The molecule has 6 heteroatoms. The van der Waals surface area contributed by atoms with E-state index in [2.05, 4.69) is 20.5 Å². The molecule has 1 aliphatic rings. The first-order valence-electron chi connectivity index (χ1n) is 10.9. The topological polar surface area (TPSA) is 74.3 Å². The summed E-state index contributed by atoms with van der Waals surface area (Å²) in [5.41, 5.74) is 1.77. The molecule has 0 saturated carbocycles. The Balaban J connectivity index is 1.71. The minimum absolute atomic E-state index is 0.121. The Kier molecular flexibility index (Phi) is 7.82. The molecule has 2 heterocycles. The predicted octanol–water partition coefficient (Wildman–Crippen LogP) is 3.59. The van der Waals surface area contributed by atoms with E-state index in [4.69, 9.17) is 0 Å². The van der Waals surface area contributed by atoms with Crippen molar-refractivity contribution in [1.82, 2.24) is 15.6 Å². The highest BCUT2D eigenvalue weighted by atomic mass is 16.2. The van der Waals surface area contributed by atoms with Crippen LogP contribution in [0.25, 0.3) is 0 Å². The van der Waals surface area contributed by atoms with E-state index in [0.717, 1.165) is 30.0 Å². The standard InChI is InChI=1S/C24H32N4O2/c1-18(2)16-21(29)27-22(19-10-5-3-6-11-19)24(30)26-17-20-12-9-13-25-23(20)28-14-7-4-8-15-28/h3,5-6,9-13,18,22H,4,7-8,14-17H2,1-2H3,(H,26,30)(H,27,29). The number of benzene rings is 1. The van der Waals surface area contributed by atoms with Crippen molar-refractivity contribution in [1.29, 1.82) is 0 Å². The van der Waals surface area contributed by atoms with Crippen LogP contribution < -0.4 is 15.5 Å². The summed E-state index contributed by atoms with van der Waals surface area (Å²) in [6.45, 7) is 6.34. The normalized spacial score (nSPS) is 15.0. The van der Waals surface area contributed by atoms with Crippen molar-refractivity contribution in [3.05, 3.63) is 59.8 Å². The molecule has 6 nitrogen and oxygen atoms in total. The van der Waals surface area contributed by atoms with Gasteiger partial charge < -0.3 is 15.5 Å². The molecule has 2 N–H and O–H groups in total. The summed E-state index contributed by atoms with van der Waals surface area (Å²) in [6, 6.07) is 12.6. The van der Waals surface area contributed by atoms with E-state index in [0.29, 0.717) is 13.0 Å². The van der Waals surface area contributed by atoms with Crippen molar-refractivity contribution in [2.24, 2.45) is 5.92 Å². The Morgan fingerprint density at radius 2 is 1.77 bits per heavy atom. The lowest BCUT2D eigenvalue weighted by Crippen LogP contribution is -2.40. The van der Waals surface area contributed by atoms with E-state index in [-0.39, 0.29) is 17.7 Å². The molecule has 1 unspecified atom stereocenters. The molecule has 1 saturated heterocycles. The molecule has 0 bridgehead atoms. The van der Waals surface area contributed by atoms with E-state index in [1.54, 1.807) is 6.20 Å². The summed E-state index contributed by atoms with van der Waals surface area (Å²) in [6.07, 6.45) is 5.78. The number of carbonyl (C=O) groups is 2. The highest BCUT2D eigenvalue weighted by Crippen LogP contribution is 2.22.